The van der Waals surface area contributed by atoms with Crippen LogP contribution in [0.3, 0.4) is 0 Å². The Morgan fingerprint density at radius 1 is 0.966 bits per heavy atom. The monoisotopic (exact) mass is 414 g/mol. The van der Waals surface area contributed by atoms with Crippen LogP contribution in [0.1, 0.15) is 69.2 Å². The third-order valence-electron chi connectivity index (χ3n) is 8.18. The lowest BCUT2D eigenvalue weighted by Crippen LogP contribution is -2.48. The summed E-state index contributed by atoms with van der Waals surface area (Å²) in [5, 5.41) is 13.8. The average Bonchev–Trinajstić information content (AvgIpc) is 3.45. The van der Waals surface area contributed by atoms with Gasteiger partial charge in [0, 0.05) is 24.4 Å². The van der Waals surface area contributed by atoms with E-state index in [1.165, 1.54) is 38.5 Å². The van der Waals surface area contributed by atoms with Crippen molar-refractivity contribution in [3.63, 3.8) is 0 Å². The summed E-state index contributed by atoms with van der Waals surface area (Å²) in [7, 11) is 0. The van der Waals surface area contributed by atoms with Gasteiger partial charge < -0.3 is 10.2 Å². The van der Waals surface area contributed by atoms with Gasteiger partial charge in [-0.1, -0.05) is 11.3 Å². The molecule has 5 saturated carbocycles. The highest BCUT2D eigenvalue weighted by atomic mass is 32.1. The van der Waals surface area contributed by atoms with Crippen molar-refractivity contribution in [1.82, 2.24) is 15.1 Å². The van der Waals surface area contributed by atoms with E-state index in [9.17, 15) is 9.59 Å². The van der Waals surface area contributed by atoms with Gasteiger partial charge in [0.25, 0.3) is 0 Å². The fourth-order valence-electron chi connectivity index (χ4n) is 7.05. The lowest BCUT2D eigenvalue weighted by molar-refractivity contribution is -0.135. The number of hydrogen-bond donors (Lipinski definition) is 1. The maximum Gasteiger partial charge on any atom is 0.231 e. The molecule has 7 heteroatoms. The molecule has 1 N–H and O–H groups in total. The minimum atomic E-state index is -0.127. The van der Waals surface area contributed by atoms with Gasteiger partial charge in [-0.15, -0.1) is 10.2 Å². The van der Waals surface area contributed by atoms with E-state index in [2.05, 4.69) is 15.5 Å². The molecule has 156 valence electrons. The number of carbonyl (C=O) groups is 2. The van der Waals surface area contributed by atoms with Crippen molar-refractivity contribution in [3.8, 4) is 0 Å². The zero-order valence-corrected chi connectivity index (χ0v) is 17.8. The van der Waals surface area contributed by atoms with Crippen LogP contribution in [0.2, 0.25) is 0 Å². The molecule has 0 aromatic carbocycles. The molecule has 4 bridgehead atoms. The molecule has 6 fully saturated rings. The molecule has 1 aromatic rings. The number of aromatic nitrogens is 2. The molecule has 2 amide bonds. The molecule has 1 aromatic heterocycles. The maximum absolute atomic E-state index is 12.9. The van der Waals surface area contributed by atoms with Crippen LogP contribution in [0.15, 0.2) is 0 Å². The van der Waals surface area contributed by atoms with Gasteiger partial charge in [-0.3, -0.25) is 9.59 Å². The van der Waals surface area contributed by atoms with E-state index in [-0.39, 0.29) is 29.1 Å². The molecule has 1 saturated heterocycles. The van der Waals surface area contributed by atoms with Crippen molar-refractivity contribution in [1.29, 1.82) is 0 Å². The smallest absolute Gasteiger partial charge is 0.231 e. The van der Waals surface area contributed by atoms with Crippen LogP contribution in [0.5, 0.6) is 0 Å². The van der Waals surface area contributed by atoms with Gasteiger partial charge in [0.1, 0.15) is 5.01 Å². The normalized spacial score (nSPS) is 38.3. The largest absolute Gasteiger partial charge is 0.342 e. The number of piperidine rings is 1. The zero-order valence-electron chi connectivity index (χ0n) is 16.9. The highest BCUT2D eigenvalue weighted by Gasteiger charge is 2.53. The molecule has 6 nitrogen and oxygen atoms in total. The first kappa shape index (κ1) is 18.3. The Morgan fingerprint density at radius 3 is 2.31 bits per heavy atom. The number of nitrogens with one attached hydrogen (secondary N) is 1. The number of anilines is 1. The standard InChI is InChI=1S/C22H30N4O2S/c27-18(17-2-1-5-26(12-17)19(28)16-3-4-16)23-21-25-24-20(29-21)22-9-13-6-14(10-22)8-15(7-13)11-22/h13-17H,1-12H2,(H,23,25,27). The molecule has 1 aliphatic heterocycles. The third kappa shape index (κ3) is 3.29. The van der Waals surface area contributed by atoms with Gasteiger partial charge in [-0.25, -0.2) is 0 Å². The van der Waals surface area contributed by atoms with Crippen LogP contribution in [0.4, 0.5) is 5.13 Å². The predicted octanol–water partition coefficient (Wildman–Crippen LogP) is 3.59. The molecule has 7 rings (SSSR count). The topological polar surface area (TPSA) is 75.2 Å². The quantitative estimate of drug-likeness (QED) is 0.817. The van der Waals surface area contributed by atoms with Crippen molar-refractivity contribution in [2.45, 2.75) is 69.6 Å². The molecular weight excluding hydrogens is 384 g/mol. The van der Waals surface area contributed by atoms with Gasteiger partial charge in [0.2, 0.25) is 16.9 Å². The van der Waals surface area contributed by atoms with Gasteiger partial charge in [0.15, 0.2) is 0 Å². The summed E-state index contributed by atoms with van der Waals surface area (Å²) < 4.78 is 0. The molecule has 2 heterocycles. The SMILES string of the molecule is O=C(Nc1nnc(C23CC4CC(CC(C4)C2)C3)s1)C1CCCN(C(=O)C2CC2)C1. The zero-order chi connectivity index (χ0) is 19.6. The molecule has 5 aliphatic carbocycles. The van der Waals surface area contributed by atoms with Crippen molar-refractivity contribution in [3.05, 3.63) is 5.01 Å². The van der Waals surface area contributed by atoms with Crippen LogP contribution < -0.4 is 5.32 Å². The fraction of sp³-hybridized carbons (Fsp3) is 0.818. The summed E-state index contributed by atoms with van der Waals surface area (Å²) >= 11 is 1.60. The first-order valence-corrected chi connectivity index (χ1v) is 12.3. The van der Waals surface area contributed by atoms with Crippen molar-refractivity contribution in [2.75, 3.05) is 18.4 Å². The third-order valence-corrected chi connectivity index (χ3v) is 9.26. The number of hydrogen-bond acceptors (Lipinski definition) is 5. The minimum absolute atomic E-state index is 0.00603. The summed E-state index contributed by atoms with van der Waals surface area (Å²) in [4.78, 5) is 27.1. The van der Waals surface area contributed by atoms with Crippen LogP contribution in [-0.2, 0) is 15.0 Å². The summed E-state index contributed by atoms with van der Waals surface area (Å²) in [5.41, 5.74) is 0.230. The van der Waals surface area contributed by atoms with E-state index in [0.29, 0.717) is 11.7 Å². The van der Waals surface area contributed by atoms with E-state index >= 15 is 0 Å². The van der Waals surface area contributed by atoms with E-state index < -0.39 is 0 Å². The fourth-order valence-corrected chi connectivity index (χ4v) is 8.01. The number of likely N-dealkylation sites (tertiary alicyclic amines) is 1. The Labute approximate surface area is 175 Å². The lowest BCUT2D eigenvalue weighted by Gasteiger charge is -2.55. The second kappa shape index (κ2) is 6.76. The summed E-state index contributed by atoms with van der Waals surface area (Å²) in [6.45, 7) is 1.36. The second-order valence-electron chi connectivity index (χ2n) is 10.5. The van der Waals surface area contributed by atoms with Crippen molar-refractivity contribution < 1.29 is 9.59 Å². The van der Waals surface area contributed by atoms with Crippen LogP contribution in [0.25, 0.3) is 0 Å². The Kier molecular flexibility index (Phi) is 4.26. The number of nitrogens with zero attached hydrogens (tertiary/aromatic N) is 3. The first-order chi connectivity index (χ1) is 14.1. The Morgan fingerprint density at radius 2 is 1.66 bits per heavy atom. The molecule has 6 aliphatic rings. The maximum atomic E-state index is 12.9. The van der Waals surface area contributed by atoms with Crippen LogP contribution >= 0.6 is 11.3 Å². The summed E-state index contributed by atoms with van der Waals surface area (Å²) in [5.74, 6) is 2.98. The number of amides is 2. The number of carbonyl (C=O) groups excluding carboxylic acids is 2. The van der Waals surface area contributed by atoms with E-state index in [1.807, 2.05) is 4.90 Å². The minimum Gasteiger partial charge on any atom is -0.342 e. The summed E-state index contributed by atoms with van der Waals surface area (Å²) in [6, 6.07) is 0. The molecule has 0 spiro atoms. The Bertz CT molecular complexity index is 797. The van der Waals surface area contributed by atoms with E-state index in [4.69, 9.17) is 0 Å². The van der Waals surface area contributed by atoms with Crippen LogP contribution in [-0.4, -0.2) is 40.0 Å². The van der Waals surface area contributed by atoms with Gasteiger partial charge in [0.05, 0.1) is 5.92 Å². The average molecular weight is 415 g/mol. The van der Waals surface area contributed by atoms with E-state index in [1.54, 1.807) is 11.3 Å². The highest BCUT2D eigenvalue weighted by Crippen LogP contribution is 2.61. The van der Waals surface area contributed by atoms with E-state index in [0.717, 1.165) is 55.0 Å². The van der Waals surface area contributed by atoms with Gasteiger partial charge >= 0.3 is 0 Å². The Balaban J connectivity index is 1.12. The second-order valence-corrected chi connectivity index (χ2v) is 11.5. The van der Waals surface area contributed by atoms with Gasteiger partial charge in [-0.2, -0.15) is 0 Å². The van der Waals surface area contributed by atoms with Crippen LogP contribution in [0, 0.1) is 29.6 Å². The van der Waals surface area contributed by atoms with Crippen molar-refractivity contribution in [2.24, 2.45) is 29.6 Å². The van der Waals surface area contributed by atoms with Crippen molar-refractivity contribution >= 4 is 28.3 Å². The highest BCUT2D eigenvalue weighted by molar-refractivity contribution is 7.15. The number of rotatable bonds is 4. The molecule has 0 radical (unpaired) electrons. The summed E-state index contributed by atoms with van der Waals surface area (Å²) in [6.07, 6.45) is 11.8. The first-order valence-electron chi connectivity index (χ1n) is 11.5. The molecule has 29 heavy (non-hydrogen) atoms. The lowest BCUT2D eigenvalue weighted by atomic mass is 9.50. The predicted molar refractivity (Wildman–Crippen MR) is 110 cm³/mol. The molecule has 1 unspecified atom stereocenters. The van der Waals surface area contributed by atoms with Gasteiger partial charge in [-0.05, 0) is 82.0 Å². The molecular formula is C22H30N4O2S. The molecule has 1 atom stereocenters. The Hall–Kier alpha value is -1.50.